The minimum atomic E-state index is -4.44. The van der Waals surface area contributed by atoms with Gasteiger partial charge in [-0.25, -0.2) is 8.42 Å². The second-order valence-electron chi connectivity index (χ2n) is 11.4. The molecule has 0 aromatic heterocycles. The second kappa shape index (κ2) is 12.5. The van der Waals surface area contributed by atoms with Crippen molar-refractivity contribution in [1.29, 1.82) is 0 Å². The molecule has 0 aliphatic heterocycles. The lowest BCUT2D eigenvalue weighted by Gasteiger charge is -2.17. The van der Waals surface area contributed by atoms with Crippen LogP contribution in [0.1, 0.15) is 22.3 Å². The summed E-state index contributed by atoms with van der Waals surface area (Å²) >= 11 is 0. The Morgan fingerprint density at radius 3 is 1.70 bits per heavy atom. The Hall–Kier alpha value is -4.82. The Morgan fingerprint density at radius 1 is 0.500 bits per heavy atom. The predicted molar refractivity (Wildman–Crippen MR) is 183 cm³/mol. The van der Waals surface area contributed by atoms with Crippen LogP contribution in [-0.2, 0) is 26.4 Å². The van der Waals surface area contributed by atoms with Crippen LogP contribution in [0.25, 0.3) is 33.4 Å². The van der Waals surface area contributed by atoms with Crippen LogP contribution in [0, 0.1) is 13.8 Å². The lowest BCUT2D eigenvalue weighted by atomic mass is 9.92. The molecule has 0 saturated carbocycles. The van der Waals surface area contributed by atoms with Crippen molar-refractivity contribution in [1.82, 2.24) is 0 Å². The lowest BCUT2D eigenvalue weighted by molar-refractivity contribution is 0.483. The molecule has 5 nitrogen and oxygen atoms in total. The topological polar surface area (TPSA) is 88.5 Å². The second-order valence-corrected chi connectivity index (χ2v) is 14.7. The summed E-state index contributed by atoms with van der Waals surface area (Å²) in [4.78, 5) is 0.244. The molecule has 6 aromatic carbocycles. The molecule has 0 fully saturated rings. The molecule has 46 heavy (non-hydrogen) atoms. The first-order chi connectivity index (χ1) is 22.0. The smallest absolute Gasteiger partial charge is 0.282 e. The summed E-state index contributed by atoms with van der Waals surface area (Å²) in [7, 11) is -8.36. The Bertz CT molecular complexity index is 2260. The fraction of sp³-hybridized carbons (Fsp3) is 0.0769. The van der Waals surface area contributed by atoms with Gasteiger partial charge in [0.1, 0.15) is 4.90 Å². The Kier molecular flexibility index (Phi) is 8.49. The summed E-state index contributed by atoms with van der Waals surface area (Å²) in [5.41, 5.74) is 7.86. The number of sulfone groups is 1. The van der Waals surface area contributed by atoms with Crippen molar-refractivity contribution in [2.45, 2.75) is 35.0 Å². The third-order valence-electron chi connectivity index (χ3n) is 8.06. The Labute approximate surface area is 270 Å². The first-order valence-corrected chi connectivity index (χ1v) is 17.7. The summed E-state index contributed by atoms with van der Waals surface area (Å²) in [5, 5.41) is 0. The molecule has 0 heterocycles. The quantitative estimate of drug-likeness (QED) is 0.167. The maximum absolute atomic E-state index is 14.3. The maximum atomic E-state index is 14.3. The van der Waals surface area contributed by atoms with Crippen LogP contribution in [-0.4, -0.2) is 21.4 Å². The highest BCUT2D eigenvalue weighted by atomic mass is 32.2. The molecule has 0 unspecified atom stereocenters. The number of aryl methyl sites for hydroxylation is 2. The van der Waals surface area contributed by atoms with Gasteiger partial charge in [0, 0.05) is 11.1 Å². The minimum absolute atomic E-state index is 0.162. The van der Waals surface area contributed by atoms with Crippen molar-refractivity contribution >= 4 is 20.0 Å². The molecule has 0 bridgehead atoms. The van der Waals surface area contributed by atoms with Crippen LogP contribution < -0.4 is 0 Å². The van der Waals surface area contributed by atoms with Gasteiger partial charge in [-0.1, -0.05) is 121 Å². The first-order valence-electron chi connectivity index (χ1n) is 14.8. The normalized spacial score (nSPS) is 11.8. The minimum Gasteiger partial charge on any atom is -0.282 e. The van der Waals surface area contributed by atoms with Crippen molar-refractivity contribution in [3.8, 4) is 33.4 Å². The summed E-state index contributed by atoms with van der Waals surface area (Å²) in [5.74, 6) is 0. The zero-order chi connectivity index (χ0) is 32.5. The van der Waals surface area contributed by atoms with Crippen molar-refractivity contribution in [2.24, 2.45) is 0 Å². The molecular formula is C39H32O5S2. The molecule has 6 aromatic rings. The van der Waals surface area contributed by atoms with Gasteiger partial charge in [-0.3, -0.25) is 4.55 Å². The molecule has 0 amide bonds. The van der Waals surface area contributed by atoms with Crippen molar-refractivity contribution in [3.05, 3.63) is 162 Å². The first kappa shape index (κ1) is 31.2. The van der Waals surface area contributed by atoms with Gasteiger partial charge in [-0.15, -0.1) is 0 Å². The monoisotopic (exact) mass is 644 g/mol. The molecule has 0 saturated heterocycles. The number of hydrogen-bond donors (Lipinski definition) is 1. The number of rotatable bonds is 8. The van der Waals surface area contributed by atoms with E-state index < -0.39 is 20.0 Å². The molecule has 0 aliphatic carbocycles. The number of hydrogen-bond acceptors (Lipinski definition) is 4. The SMILES string of the molecule is Cc1ccc(-c2ccc(-c3ccc(-c4ccc(C)cc4S(=O)(=O)O)cc3)cc2S(=O)(=O)c2ccccc2)c(Cc2ccccc2)c1. The molecule has 1 N–H and O–H groups in total. The van der Waals surface area contributed by atoms with Crippen LogP contribution in [0.2, 0.25) is 0 Å². The van der Waals surface area contributed by atoms with E-state index in [1.54, 1.807) is 67.6 Å². The third-order valence-corrected chi connectivity index (χ3v) is 10.8. The van der Waals surface area contributed by atoms with Crippen molar-refractivity contribution < 1.29 is 21.4 Å². The van der Waals surface area contributed by atoms with Gasteiger partial charge in [0.2, 0.25) is 9.84 Å². The van der Waals surface area contributed by atoms with Crippen molar-refractivity contribution in [3.63, 3.8) is 0 Å². The van der Waals surface area contributed by atoms with Crippen LogP contribution in [0.15, 0.2) is 154 Å². The average molecular weight is 645 g/mol. The van der Waals surface area contributed by atoms with E-state index in [9.17, 15) is 21.4 Å². The molecule has 7 heteroatoms. The highest BCUT2D eigenvalue weighted by Crippen LogP contribution is 2.38. The lowest BCUT2D eigenvalue weighted by Crippen LogP contribution is -2.05. The van der Waals surface area contributed by atoms with Crippen molar-refractivity contribution in [2.75, 3.05) is 0 Å². The third kappa shape index (κ3) is 6.44. The molecule has 0 aliphatic rings. The Morgan fingerprint density at radius 2 is 1.04 bits per heavy atom. The average Bonchev–Trinajstić information content (AvgIpc) is 3.05. The summed E-state index contributed by atoms with van der Waals surface area (Å²) in [6.45, 7) is 3.79. The highest BCUT2D eigenvalue weighted by molar-refractivity contribution is 7.91. The fourth-order valence-electron chi connectivity index (χ4n) is 5.74. The standard InChI is InChI=1S/C39H32O5S2/c1-27-13-20-35(33(23-27)25-29-9-5-3-6-10-29)37-22-19-32(26-38(37)45(40,41)34-11-7-4-8-12-34)30-15-17-31(18-16-30)36-21-14-28(2)24-39(36)46(42,43)44/h3-24,26H,25H2,1-2H3,(H,42,43,44). The van der Waals surface area contributed by atoms with E-state index in [1.165, 1.54) is 6.07 Å². The van der Waals surface area contributed by atoms with Gasteiger partial charge < -0.3 is 0 Å². The molecule has 0 radical (unpaired) electrons. The van der Waals surface area contributed by atoms with Gasteiger partial charge in [0.25, 0.3) is 10.1 Å². The molecule has 230 valence electrons. The molecule has 6 rings (SSSR count). The maximum Gasteiger partial charge on any atom is 0.295 e. The fourth-order valence-corrected chi connectivity index (χ4v) is 8.06. The molecule has 0 atom stereocenters. The van der Waals surface area contributed by atoms with E-state index in [0.29, 0.717) is 34.2 Å². The van der Waals surface area contributed by atoms with Gasteiger partial charge in [-0.2, -0.15) is 8.42 Å². The van der Waals surface area contributed by atoms with Gasteiger partial charge >= 0.3 is 0 Å². The highest BCUT2D eigenvalue weighted by Gasteiger charge is 2.24. The summed E-state index contributed by atoms with van der Waals surface area (Å²) < 4.78 is 62.6. The molecular weight excluding hydrogens is 613 g/mol. The Balaban J connectivity index is 1.49. The number of benzene rings is 6. The van der Waals surface area contributed by atoms with Crippen LogP contribution in [0.4, 0.5) is 0 Å². The van der Waals surface area contributed by atoms with Crippen LogP contribution in [0.5, 0.6) is 0 Å². The summed E-state index contributed by atoms with van der Waals surface area (Å²) in [6.07, 6.45) is 0.649. The van der Waals surface area contributed by atoms with Crippen LogP contribution in [0.3, 0.4) is 0 Å². The van der Waals surface area contributed by atoms with Gasteiger partial charge in [0.15, 0.2) is 0 Å². The summed E-state index contributed by atoms with van der Waals surface area (Å²) in [6, 6.07) is 42.2. The van der Waals surface area contributed by atoms with Gasteiger partial charge in [-0.05, 0) is 83.5 Å². The molecule has 0 spiro atoms. The van der Waals surface area contributed by atoms with E-state index in [1.807, 2.05) is 61.5 Å². The van der Waals surface area contributed by atoms with E-state index in [2.05, 4.69) is 18.2 Å². The van der Waals surface area contributed by atoms with E-state index >= 15 is 0 Å². The zero-order valence-corrected chi connectivity index (χ0v) is 27.0. The largest absolute Gasteiger partial charge is 0.295 e. The predicted octanol–water partition coefficient (Wildman–Crippen LogP) is 8.97. The van der Waals surface area contributed by atoms with Crippen LogP contribution >= 0.6 is 0 Å². The van der Waals surface area contributed by atoms with Gasteiger partial charge in [0.05, 0.1) is 9.79 Å². The van der Waals surface area contributed by atoms with E-state index in [4.69, 9.17) is 0 Å². The van der Waals surface area contributed by atoms with E-state index in [0.717, 1.165) is 27.8 Å². The zero-order valence-electron chi connectivity index (χ0n) is 25.4. The van der Waals surface area contributed by atoms with E-state index in [-0.39, 0.29) is 14.7 Å².